The van der Waals surface area contributed by atoms with Crippen molar-refractivity contribution in [2.45, 2.75) is 44.1 Å². The molecule has 1 heterocycles. The fourth-order valence-electron chi connectivity index (χ4n) is 2.70. The van der Waals surface area contributed by atoms with Crippen LogP contribution in [0.2, 0.25) is 0 Å². The molecule has 0 unspecified atom stereocenters. The van der Waals surface area contributed by atoms with Crippen LogP contribution in [0.3, 0.4) is 0 Å². The highest BCUT2D eigenvalue weighted by molar-refractivity contribution is 5.84. The van der Waals surface area contributed by atoms with Crippen LogP contribution in [-0.4, -0.2) is 45.3 Å². The Morgan fingerprint density at radius 2 is 1.90 bits per heavy atom. The predicted molar refractivity (Wildman–Crippen MR) is 74.9 cm³/mol. The number of carboxylic acid groups (broad SMARTS) is 1. The van der Waals surface area contributed by atoms with Gasteiger partial charge in [-0.1, -0.05) is 25.7 Å². The summed E-state index contributed by atoms with van der Waals surface area (Å²) >= 11 is 0. The fraction of sp³-hybridized carbons (Fsp3) is 0.643. The number of carbonyl (C=O) groups is 1. The summed E-state index contributed by atoms with van der Waals surface area (Å²) in [7, 11) is 1.84. The van der Waals surface area contributed by atoms with Crippen molar-refractivity contribution < 1.29 is 15.0 Å². The smallest absolute Gasteiger partial charge is 0.356 e. The highest BCUT2D eigenvalue weighted by atomic mass is 16.4. The Hall–Kier alpha value is -1.69. The van der Waals surface area contributed by atoms with Gasteiger partial charge in [0.2, 0.25) is 0 Å². The Bertz CT molecular complexity index is 453. The van der Waals surface area contributed by atoms with Crippen molar-refractivity contribution in [2.75, 3.05) is 18.5 Å². The third-order valence-corrected chi connectivity index (χ3v) is 3.81. The first kappa shape index (κ1) is 14.7. The molecule has 1 aliphatic rings. The molecule has 1 aromatic rings. The second kappa shape index (κ2) is 6.17. The Labute approximate surface area is 118 Å². The topological polar surface area (TPSA) is 86.5 Å². The van der Waals surface area contributed by atoms with Gasteiger partial charge in [-0.05, 0) is 12.8 Å². The van der Waals surface area contributed by atoms with E-state index in [2.05, 4.69) is 9.97 Å². The zero-order valence-electron chi connectivity index (χ0n) is 11.7. The molecule has 0 bridgehead atoms. The van der Waals surface area contributed by atoms with E-state index in [0.29, 0.717) is 12.4 Å². The minimum atomic E-state index is -1.09. The molecule has 1 aromatic heterocycles. The number of hydrogen-bond donors (Lipinski definition) is 2. The van der Waals surface area contributed by atoms with E-state index in [-0.39, 0.29) is 5.69 Å². The van der Waals surface area contributed by atoms with Crippen LogP contribution in [0, 0.1) is 0 Å². The standard InChI is InChI=1S/C14H21N3O3/c1-17(10-14(20)6-4-2-3-5-7-14)12-9-15-11(8-16-12)13(18)19/h8-9,20H,2-7,10H2,1H3,(H,18,19). The average molecular weight is 279 g/mol. The van der Waals surface area contributed by atoms with Gasteiger partial charge in [-0.2, -0.15) is 0 Å². The summed E-state index contributed by atoms with van der Waals surface area (Å²) in [5.74, 6) is -0.512. The van der Waals surface area contributed by atoms with E-state index in [1.807, 2.05) is 11.9 Å². The first-order valence-corrected chi connectivity index (χ1v) is 6.99. The molecule has 0 saturated heterocycles. The van der Waals surface area contributed by atoms with E-state index >= 15 is 0 Å². The Morgan fingerprint density at radius 3 is 2.40 bits per heavy atom. The van der Waals surface area contributed by atoms with Crippen LogP contribution in [0.4, 0.5) is 5.82 Å². The Balaban J connectivity index is 2.03. The van der Waals surface area contributed by atoms with Gasteiger partial charge in [0.1, 0.15) is 5.82 Å². The molecule has 110 valence electrons. The lowest BCUT2D eigenvalue weighted by Gasteiger charge is -2.32. The molecule has 20 heavy (non-hydrogen) atoms. The molecule has 2 N–H and O–H groups in total. The maximum atomic E-state index is 10.7. The molecule has 0 atom stereocenters. The Kier molecular flexibility index (Phi) is 4.54. The van der Waals surface area contributed by atoms with Crippen LogP contribution in [0.5, 0.6) is 0 Å². The van der Waals surface area contributed by atoms with Crippen molar-refractivity contribution in [2.24, 2.45) is 0 Å². The fourth-order valence-corrected chi connectivity index (χ4v) is 2.70. The summed E-state index contributed by atoms with van der Waals surface area (Å²) in [6, 6.07) is 0. The van der Waals surface area contributed by atoms with E-state index in [1.165, 1.54) is 25.2 Å². The minimum Gasteiger partial charge on any atom is -0.476 e. The Morgan fingerprint density at radius 1 is 1.25 bits per heavy atom. The van der Waals surface area contributed by atoms with Crippen LogP contribution in [0.1, 0.15) is 49.0 Å². The van der Waals surface area contributed by atoms with E-state index in [0.717, 1.165) is 25.7 Å². The van der Waals surface area contributed by atoms with E-state index in [1.54, 1.807) is 0 Å². The molecule has 0 aromatic carbocycles. The zero-order chi connectivity index (χ0) is 14.6. The normalized spacial score (nSPS) is 18.3. The average Bonchev–Trinajstić information content (AvgIpc) is 2.63. The monoisotopic (exact) mass is 279 g/mol. The van der Waals surface area contributed by atoms with Gasteiger partial charge < -0.3 is 15.1 Å². The van der Waals surface area contributed by atoms with Gasteiger partial charge in [-0.15, -0.1) is 0 Å². The van der Waals surface area contributed by atoms with Crippen LogP contribution in [-0.2, 0) is 0 Å². The molecule has 0 aliphatic heterocycles. The van der Waals surface area contributed by atoms with Gasteiger partial charge in [-0.3, -0.25) is 0 Å². The van der Waals surface area contributed by atoms with E-state index in [9.17, 15) is 9.90 Å². The summed E-state index contributed by atoms with van der Waals surface area (Å²) in [5, 5.41) is 19.4. The third kappa shape index (κ3) is 3.66. The van der Waals surface area contributed by atoms with Crippen molar-refractivity contribution in [1.29, 1.82) is 0 Å². The number of anilines is 1. The number of nitrogens with zero attached hydrogens (tertiary/aromatic N) is 3. The van der Waals surface area contributed by atoms with Gasteiger partial charge in [0.15, 0.2) is 5.69 Å². The predicted octanol–water partition coefficient (Wildman–Crippen LogP) is 1.70. The van der Waals surface area contributed by atoms with Crippen LogP contribution in [0.15, 0.2) is 12.4 Å². The summed E-state index contributed by atoms with van der Waals surface area (Å²) in [6.45, 7) is 0.494. The first-order chi connectivity index (χ1) is 9.50. The van der Waals surface area contributed by atoms with Crippen LogP contribution < -0.4 is 4.90 Å². The van der Waals surface area contributed by atoms with Gasteiger partial charge in [-0.25, -0.2) is 14.8 Å². The maximum Gasteiger partial charge on any atom is 0.356 e. The van der Waals surface area contributed by atoms with Gasteiger partial charge in [0.05, 0.1) is 18.0 Å². The summed E-state index contributed by atoms with van der Waals surface area (Å²) in [5.41, 5.74) is -0.756. The zero-order valence-corrected chi connectivity index (χ0v) is 11.7. The summed E-state index contributed by atoms with van der Waals surface area (Å²) in [4.78, 5) is 20.5. The third-order valence-electron chi connectivity index (χ3n) is 3.81. The summed E-state index contributed by atoms with van der Waals surface area (Å²) in [6.07, 6.45) is 8.74. The van der Waals surface area contributed by atoms with Crippen molar-refractivity contribution in [3.05, 3.63) is 18.1 Å². The number of hydrogen-bond acceptors (Lipinski definition) is 5. The largest absolute Gasteiger partial charge is 0.476 e. The van der Waals surface area contributed by atoms with Crippen molar-refractivity contribution in [3.63, 3.8) is 0 Å². The molecular weight excluding hydrogens is 258 g/mol. The van der Waals surface area contributed by atoms with Crippen molar-refractivity contribution >= 4 is 11.8 Å². The number of aliphatic hydroxyl groups is 1. The number of carboxylic acids is 1. The molecule has 0 amide bonds. The molecule has 1 fully saturated rings. The summed E-state index contributed by atoms with van der Waals surface area (Å²) < 4.78 is 0. The maximum absolute atomic E-state index is 10.7. The molecule has 6 nitrogen and oxygen atoms in total. The molecule has 0 spiro atoms. The highest BCUT2D eigenvalue weighted by Crippen LogP contribution is 2.28. The first-order valence-electron chi connectivity index (χ1n) is 6.99. The SMILES string of the molecule is CN(CC1(O)CCCCCC1)c1cnc(C(=O)O)cn1. The molecule has 2 rings (SSSR count). The molecule has 0 radical (unpaired) electrons. The lowest BCUT2D eigenvalue weighted by atomic mass is 9.94. The molecule has 1 aliphatic carbocycles. The number of likely N-dealkylation sites (N-methyl/N-ethyl adjacent to an activating group) is 1. The quantitative estimate of drug-likeness (QED) is 0.816. The number of rotatable bonds is 4. The highest BCUT2D eigenvalue weighted by Gasteiger charge is 2.29. The van der Waals surface area contributed by atoms with Crippen LogP contribution in [0.25, 0.3) is 0 Å². The van der Waals surface area contributed by atoms with Crippen LogP contribution >= 0.6 is 0 Å². The van der Waals surface area contributed by atoms with Crippen molar-refractivity contribution in [3.8, 4) is 0 Å². The van der Waals surface area contributed by atoms with E-state index < -0.39 is 11.6 Å². The molecule has 6 heteroatoms. The van der Waals surface area contributed by atoms with Crippen molar-refractivity contribution in [1.82, 2.24) is 9.97 Å². The number of aromatic carboxylic acids is 1. The lowest BCUT2D eigenvalue weighted by Crippen LogP contribution is -2.41. The molecular formula is C14H21N3O3. The van der Waals surface area contributed by atoms with Gasteiger partial charge in [0.25, 0.3) is 0 Å². The van der Waals surface area contributed by atoms with E-state index in [4.69, 9.17) is 5.11 Å². The minimum absolute atomic E-state index is 0.0738. The van der Waals surface area contributed by atoms with Gasteiger partial charge in [0, 0.05) is 13.6 Å². The molecule has 1 saturated carbocycles. The number of aromatic nitrogens is 2. The van der Waals surface area contributed by atoms with Gasteiger partial charge >= 0.3 is 5.97 Å². The second-order valence-corrected chi connectivity index (χ2v) is 5.56. The second-order valence-electron chi connectivity index (χ2n) is 5.56. The lowest BCUT2D eigenvalue weighted by molar-refractivity contribution is 0.0327.